The molecule has 36 heavy (non-hydrogen) atoms. The molecule has 1 saturated carbocycles. The lowest BCUT2D eigenvalue weighted by Gasteiger charge is -2.41. The first-order chi connectivity index (χ1) is 17.1. The Bertz CT molecular complexity index is 1110. The van der Waals surface area contributed by atoms with E-state index in [9.17, 15) is 19.2 Å². The molecular formula is C27H34FN5O3. The summed E-state index contributed by atoms with van der Waals surface area (Å²) in [6, 6.07) is 7.62. The van der Waals surface area contributed by atoms with Crippen molar-refractivity contribution in [2.75, 3.05) is 18.0 Å². The third kappa shape index (κ3) is 4.66. The normalized spacial score (nSPS) is 30.0. The molecule has 0 spiro atoms. The summed E-state index contributed by atoms with van der Waals surface area (Å²) in [5.74, 6) is 0.135. The topological polar surface area (TPSA) is 88.9 Å². The zero-order chi connectivity index (χ0) is 25.8. The van der Waals surface area contributed by atoms with Crippen LogP contribution in [0.3, 0.4) is 0 Å². The number of benzene rings is 1. The molecule has 4 aliphatic rings. The Morgan fingerprint density at radius 1 is 1.33 bits per heavy atom. The number of nitrogens with zero attached hydrogens (tertiary/aromatic N) is 4. The van der Waals surface area contributed by atoms with Crippen LogP contribution in [0.1, 0.15) is 46.5 Å². The first kappa shape index (κ1) is 24.6. The van der Waals surface area contributed by atoms with Gasteiger partial charge in [0.15, 0.2) is 0 Å². The molecule has 6 atom stereocenters. The van der Waals surface area contributed by atoms with Crippen LogP contribution in [-0.4, -0.2) is 70.7 Å². The maximum absolute atomic E-state index is 13.8. The summed E-state index contributed by atoms with van der Waals surface area (Å²) in [5, 5.41) is 12.8. The van der Waals surface area contributed by atoms with E-state index >= 15 is 0 Å². The zero-order valence-electron chi connectivity index (χ0n) is 21.1. The minimum absolute atomic E-state index is 0.0607. The molecule has 192 valence electrons. The quantitative estimate of drug-likeness (QED) is 0.651. The Kier molecular flexibility index (Phi) is 6.19. The van der Waals surface area contributed by atoms with Gasteiger partial charge in [-0.05, 0) is 70.6 Å². The molecule has 4 fully saturated rings. The number of ether oxygens (including phenoxy) is 1. The summed E-state index contributed by atoms with van der Waals surface area (Å²) in [5.41, 5.74) is 0.605. The smallest absolute Gasteiger partial charge is 0.408 e. The number of carbonyl (C=O) groups is 2. The van der Waals surface area contributed by atoms with E-state index in [1.165, 1.54) is 12.1 Å². The van der Waals surface area contributed by atoms with Crippen LogP contribution in [0.25, 0.3) is 0 Å². The lowest BCUT2D eigenvalue weighted by Crippen LogP contribution is -2.57. The first-order valence-corrected chi connectivity index (χ1v) is 12.7. The van der Waals surface area contributed by atoms with E-state index in [-0.39, 0.29) is 35.9 Å². The molecule has 3 heterocycles. The van der Waals surface area contributed by atoms with Gasteiger partial charge in [0.05, 0.1) is 24.2 Å². The Morgan fingerprint density at radius 3 is 2.78 bits per heavy atom. The van der Waals surface area contributed by atoms with E-state index in [1.54, 1.807) is 37.8 Å². The van der Waals surface area contributed by atoms with E-state index in [0.717, 1.165) is 19.3 Å². The van der Waals surface area contributed by atoms with Crippen molar-refractivity contribution in [3.8, 4) is 6.07 Å². The standard InChI is InChI=1S/C27H34FN5O3/c1-16(32-20(13-29)9-8-17-10-23(17)32)22(30-26(35)36-27(2,3)4)15-31-14-21-12-24(31)25(34)33(21)19-7-5-6-18(28)11-19/h5-7,11,17,20-24H,1,8-10,12,14-15H2,2-4H3,(H,30,35)/t17-,20?,21+,22?,23?,24?/m1/s1. The van der Waals surface area contributed by atoms with Crippen LogP contribution in [0.2, 0.25) is 0 Å². The van der Waals surface area contributed by atoms with Crippen molar-refractivity contribution >= 4 is 17.7 Å². The van der Waals surface area contributed by atoms with Gasteiger partial charge in [0.1, 0.15) is 17.5 Å². The Hall–Kier alpha value is -3.12. The van der Waals surface area contributed by atoms with E-state index in [4.69, 9.17) is 4.74 Å². The van der Waals surface area contributed by atoms with Crippen molar-refractivity contribution in [1.29, 1.82) is 5.26 Å². The molecule has 0 radical (unpaired) electrons. The number of carbonyl (C=O) groups excluding carboxylic acids is 2. The van der Waals surface area contributed by atoms with Crippen molar-refractivity contribution in [2.24, 2.45) is 5.92 Å². The molecule has 1 N–H and O–H groups in total. The highest BCUT2D eigenvalue weighted by Crippen LogP contribution is 2.47. The van der Waals surface area contributed by atoms with Crippen LogP contribution in [0.15, 0.2) is 36.5 Å². The third-order valence-corrected chi connectivity index (χ3v) is 7.74. The van der Waals surface area contributed by atoms with Gasteiger partial charge in [-0.1, -0.05) is 12.6 Å². The van der Waals surface area contributed by atoms with Crippen LogP contribution in [0.4, 0.5) is 14.9 Å². The van der Waals surface area contributed by atoms with Gasteiger partial charge in [0.2, 0.25) is 5.91 Å². The second kappa shape index (κ2) is 9.07. The molecule has 1 aliphatic carbocycles. The van der Waals surface area contributed by atoms with Crippen molar-refractivity contribution in [1.82, 2.24) is 15.1 Å². The lowest BCUT2D eigenvalue weighted by molar-refractivity contribution is -0.122. The number of piperidine rings is 1. The van der Waals surface area contributed by atoms with Gasteiger partial charge in [0.25, 0.3) is 0 Å². The number of amides is 2. The van der Waals surface area contributed by atoms with Crippen molar-refractivity contribution in [3.05, 3.63) is 42.4 Å². The van der Waals surface area contributed by atoms with Crippen LogP contribution in [-0.2, 0) is 9.53 Å². The predicted molar refractivity (Wildman–Crippen MR) is 132 cm³/mol. The third-order valence-electron chi connectivity index (χ3n) is 7.74. The number of likely N-dealkylation sites (tertiary alicyclic amines) is 2. The molecule has 8 nitrogen and oxygen atoms in total. The maximum Gasteiger partial charge on any atom is 0.408 e. The Morgan fingerprint density at radius 2 is 2.11 bits per heavy atom. The van der Waals surface area contributed by atoms with Crippen LogP contribution < -0.4 is 10.2 Å². The summed E-state index contributed by atoms with van der Waals surface area (Å²) < 4.78 is 19.3. The highest BCUT2D eigenvalue weighted by atomic mass is 19.1. The van der Waals surface area contributed by atoms with E-state index in [2.05, 4.69) is 27.8 Å². The van der Waals surface area contributed by atoms with Gasteiger partial charge in [0, 0.05) is 30.5 Å². The van der Waals surface area contributed by atoms with E-state index in [0.29, 0.717) is 36.8 Å². The summed E-state index contributed by atoms with van der Waals surface area (Å²) in [6.45, 7) is 10.8. The fourth-order valence-electron chi connectivity index (χ4n) is 6.09. The average Bonchev–Trinajstić information content (AvgIpc) is 3.38. The second-order valence-electron chi connectivity index (χ2n) is 11.4. The van der Waals surface area contributed by atoms with Crippen molar-refractivity contribution in [2.45, 2.75) is 82.3 Å². The zero-order valence-corrected chi connectivity index (χ0v) is 21.1. The number of halogens is 1. The van der Waals surface area contributed by atoms with Gasteiger partial charge in [-0.3, -0.25) is 9.69 Å². The number of anilines is 1. The molecule has 4 unspecified atom stereocenters. The van der Waals surface area contributed by atoms with Crippen LogP contribution >= 0.6 is 0 Å². The summed E-state index contributed by atoms with van der Waals surface area (Å²) in [7, 11) is 0. The molecule has 1 aromatic rings. The van der Waals surface area contributed by atoms with Gasteiger partial charge in [-0.25, -0.2) is 9.18 Å². The molecule has 9 heteroatoms. The first-order valence-electron chi connectivity index (χ1n) is 12.7. The number of hydrogen-bond acceptors (Lipinski definition) is 6. The number of nitriles is 1. The molecule has 1 aromatic carbocycles. The van der Waals surface area contributed by atoms with Crippen LogP contribution in [0, 0.1) is 23.1 Å². The fraction of sp³-hybridized carbons (Fsp3) is 0.593. The number of alkyl carbamates (subject to hydrolysis) is 1. The molecule has 2 bridgehead atoms. The largest absolute Gasteiger partial charge is 0.444 e. The number of fused-ring (bicyclic) bond motifs is 3. The minimum atomic E-state index is -0.661. The summed E-state index contributed by atoms with van der Waals surface area (Å²) in [4.78, 5) is 31.9. The lowest BCUT2D eigenvalue weighted by atomic mass is 10.0. The molecule has 3 aliphatic heterocycles. The van der Waals surface area contributed by atoms with Gasteiger partial charge in [-0.2, -0.15) is 5.26 Å². The van der Waals surface area contributed by atoms with Gasteiger partial charge < -0.3 is 19.9 Å². The highest BCUT2D eigenvalue weighted by molar-refractivity contribution is 6.01. The highest BCUT2D eigenvalue weighted by Gasteiger charge is 2.52. The number of rotatable bonds is 6. The average molecular weight is 496 g/mol. The second-order valence-corrected chi connectivity index (χ2v) is 11.4. The number of hydrogen-bond donors (Lipinski definition) is 1. The monoisotopic (exact) mass is 495 g/mol. The SMILES string of the molecule is C=C(C(CN1C[C@@H]2CC1C(=O)N2c1cccc(F)c1)NC(=O)OC(C)(C)C)N1C(C#N)CC[C@@H]2CC21. The van der Waals surface area contributed by atoms with Gasteiger partial charge >= 0.3 is 6.09 Å². The molecule has 2 amide bonds. The Labute approximate surface area is 211 Å². The summed E-state index contributed by atoms with van der Waals surface area (Å²) >= 11 is 0. The van der Waals surface area contributed by atoms with Crippen molar-refractivity contribution in [3.63, 3.8) is 0 Å². The van der Waals surface area contributed by atoms with Crippen molar-refractivity contribution < 1.29 is 18.7 Å². The Balaban J connectivity index is 1.34. The molecule has 0 aromatic heterocycles. The maximum atomic E-state index is 13.8. The molecule has 3 saturated heterocycles. The van der Waals surface area contributed by atoms with E-state index < -0.39 is 17.7 Å². The fourth-order valence-corrected chi connectivity index (χ4v) is 6.09. The number of piperazine rings is 1. The summed E-state index contributed by atoms with van der Waals surface area (Å²) in [6.07, 6.45) is 2.95. The molecular weight excluding hydrogens is 461 g/mol. The minimum Gasteiger partial charge on any atom is -0.444 e. The number of nitrogens with one attached hydrogen (secondary N) is 1. The molecule has 5 rings (SSSR count). The van der Waals surface area contributed by atoms with Gasteiger partial charge in [-0.15, -0.1) is 0 Å². The van der Waals surface area contributed by atoms with Crippen LogP contribution in [0.5, 0.6) is 0 Å². The van der Waals surface area contributed by atoms with E-state index in [1.807, 2.05) is 0 Å². The predicted octanol–water partition coefficient (Wildman–Crippen LogP) is 3.40.